The summed E-state index contributed by atoms with van der Waals surface area (Å²) in [5.41, 5.74) is 3.59. The summed E-state index contributed by atoms with van der Waals surface area (Å²) in [5, 5.41) is 21.8. The third-order valence-electron chi connectivity index (χ3n) is 3.86. The van der Waals surface area contributed by atoms with Crippen molar-refractivity contribution < 1.29 is 0 Å². The number of allylic oxidation sites excluding steroid dienone is 4. The molecule has 0 unspecified atom stereocenters. The van der Waals surface area contributed by atoms with E-state index in [-0.39, 0.29) is 11.0 Å². The maximum Gasteiger partial charge on any atom is 0.133 e. The molecule has 0 aromatic rings. The lowest BCUT2D eigenvalue weighted by Gasteiger charge is -2.34. The first-order valence-electron chi connectivity index (χ1n) is 7.42. The van der Waals surface area contributed by atoms with Gasteiger partial charge in [-0.3, -0.25) is 0 Å². The molecule has 1 aliphatic rings. The van der Waals surface area contributed by atoms with E-state index < -0.39 is 0 Å². The number of nitrogens with zero attached hydrogens (tertiary/aromatic N) is 2. The van der Waals surface area contributed by atoms with Crippen molar-refractivity contribution in [2.45, 2.75) is 59.8 Å². The van der Waals surface area contributed by atoms with Gasteiger partial charge < -0.3 is 5.32 Å². The predicted octanol–water partition coefficient (Wildman–Crippen LogP) is 4.20. The van der Waals surface area contributed by atoms with E-state index in [0.29, 0.717) is 0 Å². The van der Waals surface area contributed by atoms with Crippen LogP contribution in [0.4, 0.5) is 0 Å². The molecule has 0 aliphatic heterocycles. The quantitative estimate of drug-likeness (QED) is 0.602. The normalized spacial score (nSPS) is 17.4. The van der Waals surface area contributed by atoms with Crippen LogP contribution in [0.3, 0.4) is 0 Å². The Labute approximate surface area is 123 Å². The number of nitrogens with one attached hydrogen (secondary N) is 1. The minimum atomic E-state index is 0.0981. The van der Waals surface area contributed by atoms with Crippen LogP contribution >= 0.6 is 0 Å². The zero-order valence-electron chi connectivity index (χ0n) is 13.1. The Morgan fingerprint density at radius 1 is 1.20 bits per heavy atom. The van der Waals surface area contributed by atoms with Crippen molar-refractivity contribution in [1.29, 1.82) is 10.5 Å². The van der Waals surface area contributed by atoms with Gasteiger partial charge in [-0.25, -0.2) is 0 Å². The maximum atomic E-state index is 9.13. The van der Waals surface area contributed by atoms with Gasteiger partial charge in [0, 0.05) is 12.2 Å². The third-order valence-corrected chi connectivity index (χ3v) is 3.86. The van der Waals surface area contributed by atoms with Gasteiger partial charge in [0.1, 0.15) is 17.7 Å². The zero-order valence-corrected chi connectivity index (χ0v) is 13.1. The Hall–Kier alpha value is -1.74. The summed E-state index contributed by atoms with van der Waals surface area (Å²) in [5.74, 6) is 0. The lowest BCUT2D eigenvalue weighted by Crippen LogP contribution is -2.28. The average Bonchev–Trinajstić information content (AvgIpc) is 2.40. The number of unbranched alkanes of at least 4 members (excludes halogenated alkanes) is 2. The largest absolute Gasteiger partial charge is 0.388 e. The van der Waals surface area contributed by atoms with Crippen LogP contribution in [-0.4, -0.2) is 6.54 Å². The molecule has 3 nitrogen and oxygen atoms in total. The molecule has 0 saturated heterocycles. The van der Waals surface area contributed by atoms with Crippen molar-refractivity contribution in [2.24, 2.45) is 5.41 Å². The molecular weight excluding hydrogens is 246 g/mol. The van der Waals surface area contributed by atoms with Crippen molar-refractivity contribution in [1.82, 2.24) is 5.32 Å². The Kier molecular flexibility index (Phi) is 5.83. The number of nitriles is 2. The van der Waals surface area contributed by atoms with E-state index >= 15 is 0 Å². The molecule has 0 atom stereocenters. The molecule has 108 valence electrons. The SMILES string of the molecule is CCCCCNC1=C(C)C(=C(C#N)C#N)CC(C)(C)C1. The van der Waals surface area contributed by atoms with Crippen molar-refractivity contribution in [3.63, 3.8) is 0 Å². The van der Waals surface area contributed by atoms with E-state index in [2.05, 4.69) is 26.1 Å². The van der Waals surface area contributed by atoms with E-state index in [1.165, 1.54) is 18.5 Å². The zero-order chi connectivity index (χ0) is 15.2. The summed E-state index contributed by atoms with van der Waals surface area (Å²) in [6.07, 6.45) is 5.39. The van der Waals surface area contributed by atoms with Crippen LogP contribution in [0.15, 0.2) is 22.4 Å². The molecule has 0 heterocycles. The van der Waals surface area contributed by atoms with Crippen molar-refractivity contribution in [3.05, 3.63) is 22.4 Å². The van der Waals surface area contributed by atoms with Gasteiger partial charge >= 0.3 is 0 Å². The molecule has 0 saturated carbocycles. The van der Waals surface area contributed by atoms with Crippen molar-refractivity contribution in [2.75, 3.05) is 6.54 Å². The summed E-state index contributed by atoms with van der Waals surface area (Å²) in [7, 11) is 0. The number of hydrogen-bond donors (Lipinski definition) is 1. The topological polar surface area (TPSA) is 59.6 Å². The minimum absolute atomic E-state index is 0.0981. The first kappa shape index (κ1) is 16.3. The van der Waals surface area contributed by atoms with Gasteiger partial charge in [-0.05, 0) is 42.7 Å². The van der Waals surface area contributed by atoms with E-state index in [1.807, 2.05) is 19.1 Å². The standard InChI is InChI=1S/C17H25N3/c1-5-6-7-8-20-16-10-17(3,4)9-15(13(16)2)14(11-18)12-19/h20H,5-10H2,1-4H3. The molecule has 0 bridgehead atoms. The van der Waals surface area contributed by atoms with Crippen LogP contribution in [0.5, 0.6) is 0 Å². The van der Waals surface area contributed by atoms with Gasteiger partial charge in [0.25, 0.3) is 0 Å². The van der Waals surface area contributed by atoms with Crippen LogP contribution in [0.1, 0.15) is 59.8 Å². The molecule has 3 heteroatoms. The molecule has 0 spiro atoms. The summed E-state index contributed by atoms with van der Waals surface area (Å²) in [6, 6.07) is 4.09. The molecule has 0 aromatic carbocycles. The molecule has 1 aliphatic carbocycles. The second-order valence-corrected chi connectivity index (χ2v) is 6.33. The highest BCUT2D eigenvalue weighted by Crippen LogP contribution is 2.41. The van der Waals surface area contributed by atoms with Gasteiger partial charge in [0.15, 0.2) is 0 Å². The van der Waals surface area contributed by atoms with Crippen molar-refractivity contribution >= 4 is 0 Å². The molecule has 0 radical (unpaired) electrons. The van der Waals surface area contributed by atoms with E-state index in [0.717, 1.165) is 37.0 Å². The predicted molar refractivity (Wildman–Crippen MR) is 81.5 cm³/mol. The highest BCUT2D eigenvalue weighted by atomic mass is 14.9. The van der Waals surface area contributed by atoms with Gasteiger partial charge in [0.2, 0.25) is 0 Å². The Morgan fingerprint density at radius 3 is 2.40 bits per heavy atom. The van der Waals surface area contributed by atoms with Gasteiger partial charge in [0.05, 0.1) is 0 Å². The molecule has 1 rings (SSSR count). The molecule has 0 fully saturated rings. The third kappa shape index (κ3) is 4.14. The maximum absolute atomic E-state index is 9.13. The molecular formula is C17H25N3. The molecule has 0 amide bonds. The second kappa shape index (κ2) is 7.15. The number of hydrogen-bond acceptors (Lipinski definition) is 3. The average molecular weight is 271 g/mol. The Bertz CT molecular complexity index is 479. The highest BCUT2D eigenvalue weighted by molar-refractivity contribution is 5.51. The van der Waals surface area contributed by atoms with Gasteiger partial charge in [-0.2, -0.15) is 10.5 Å². The molecule has 0 aromatic heterocycles. The summed E-state index contributed by atoms with van der Waals surface area (Å²) >= 11 is 0. The first-order valence-corrected chi connectivity index (χ1v) is 7.42. The summed E-state index contributed by atoms with van der Waals surface area (Å²) in [6.45, 7) is 9.58. The van der Waals surface area contributed by atoms with Crippen LogP contribution in [0.2, 0.25) is 0 Å². The molecule has 1 N–H and O–H groups in total. The highest BCUT2D eigenvalue weighted by Gasteiger charge is 2.30. The second-order valence-electron chi connectivity index (χ2n) is 6.33. The van der Waals surface area contributed by atoms with Crippen LogP contribution in [-0.2, 0) is 0 Å². The van der Waals surface area contributed by atoms with Gasteiger partial charge in [-0.15, -0.1) is 0 Å². The lowest BCUT2D eigenvalue weighted by molar-refractivity contribution is 0.336. The fourth-order valence-electron chi connectivity index (χ4n) is 2.71. The number of rotatable bonds is 5. The van der Waals surface area contributed by atoms with Crippen LogP contribution in [0.25, 0.3) is 0 Å². The Balaban J connectivity index is 3.01. The van der Waals surface area contributed by atoms with Crippen molar-refractivity contribution in [3.8, 4) is 12.1 Å². The van der Waals surface area contributed by atoms with E-state index in [1.54, 1.807) is 0 Å². The van der Waals surface area contributed by atoms with Crippen LogP contribution < -0.4 is 5.32 Å². The van der Waals surface area contributed by atoms with Gasteiger partial charge in [-0.1, -0.05) is 33.6 Å². The monoisotopic (exact) mass is 271 g/mol. The van der Waals surface area contributed by atoms with E-state index in [4.69, 9.17) is 10.5 Å². The molecule has 20 heavy (non-hydrogen) atoms. The smallest absolute Gasteiger partial charge is 0.133 e. The van der Waals surface area contributed by atoms with E-state index in [9.17, 15) is 0 Å². The fourth-order valence-corrected chi connectivity index (χ4v) is 2.71. The summed E-state index contributed by atoms with van der Waals surface area (Å²) in [4.78, 5) is 0. The fraction of sp³-hybridized carbons (Fsp3) is 0.647. The minimum Gasteiger partial charge on any atom is -0.388 e. The first-order chi connectivity index (χ1) is 9.45. The summed E-state index contributed by atoms with van der Waals surface area (Å²) < 4.78 is 0. The van der Waals surface area contributed by atoms with Crippen LogP contribution in [0, 0.1) is 28.1 Å². The Morgan fingerprint density at radius 2 is 1.85 bits per heavy atom. The lowest BCUT2D eigenvalue weighted by atomic mass is 9.73.